The number of thiazole rings is 1. The molecule has 1 aliphatic carbocycles. The van der Waals surface area contributed by atoms with Crippen LogP contribution in [0.2, 0.25) is 0 Å². The highest BCUT2D eigenvalue weighted by molar-refractivity contribution is 7.23. The Labute approximate surface area is 196 Å². The number of hydrogen-bond acceptors (Lipinski definition) is 5. The minimum Gasteiger partial charge on any atom is -0.355 e. The number of benzene rings is 2. The number of fused-ring (bicyclic) bond motifs is 3. The Kier molecular flexibility index (Phi) is 4.85. The van der Waals surface area contributed by atoms with Gasteiger partial charge in [-0.15, -0.1) is 0 Å². The van der Waals surface area contributed by atoms with E-state index in [0.29, 0.717) is 23.3 Å². The van der Waals surface area contributed by atoms with E-state index in [2.05, 4.69) is 15.0 Å². The monoisotopic (exact) mass is 458 g/mol. The normalized spacial score (nSPS) is 17.2. The summed E-state index contributed by atoms with van der Waals surface area (Å²) in [6.45, 7) is 2.33. The zero-order valence-electron chi connectivity index (χ0n) is 18.6. The molecular weight excluding hydrogens is 432 g/mol. The zero-order valence-corrected chi connectivity index (χ0v) is 19.4. The molecule has 2 fully saturated rings. The Morgan fingerprint density at radius 2 is 1.91 bits per heavy atom. The zero-order chi connectivity index (χ0) is 22.6. The Balaban J connectivity index is 1.18. The van der Waals surface area contributed by atoms with Crippen LogP contribution in [0.5, 0.6) is 0 Å². The van der Waals surface area contributed by atoms with Gasteiger partial charge in [-0.2, -0.15) is 0 Å². The second kappa shape index (κ2) is 7.78. The van der Waals surface area contributed by atoms with Crippen LogP contribution >= 0.6 is 11.3 Å². The molecule has 6 nitrogen and oxygen atoms in total. The van der Waals surface area contributed by atoms with E-state index in [4.69, 9.17) is 4.98 Å². The van der Waals surface area contributed by atoms with Gasteiger partial charge in [-0.3, -0.25) is 14.0 Å². The summed E-state index contributed by atoms with van der Waals surface area (Å²) in [5.41, 5.74) is 4.90. The van der Waals surface area contributed by atoms with Crippen LogP contribution in [-0.4, -0.2) is 41.2 Å². The Morgan fingerprint density at radius 1 is 1.15 bits per heavy atom. The van der Waals surface area contributed by atoms with Gasteiger partial charge in [0.25, 0.3) is 5.91 Å². The lowest BCUT2D eigenvalue weighted by atomic mass is 9.57. The van der Waals surface area contributed by atoms with Crippen LogP contribution in [0.15, 0.2) is 48.7 Å². The van der Waals surface area contributed by atoms with E-state index < -0.39 is 0 Å². The lowest BCUT2D eigenvalue weighted by Crippen LogP contribution is -2.60. The summed E-state index contributed by atoms with van der Waals surface area (Å²) in [4.78, 5) is 30.3. The van der Waals surface area contributed by atoms with Crippen LogP contribution < -0.4 is 10.6 Å². The maximum atomic E-state index is 12.8. The van der Waals surface area contributed by atoms with Crippen molar-refractivity contribution in [1.82, 2.24) is 20.0 Å². The number of rotatable bonds is 6. The summed E-state index contributed by atoms with van der Waals surface area (Å²) in [6.07, 6.45) is 6.23. The number of Topliss-reactive ketones (excluding diaryl/α,β-unsaturated/α-hetero) is 1. The Morgan fingerprint density at radius 3 is 2.61 bits per heavy atom. The molecule has 0 unspecified atom stereocenters. The highest BCUT2D eigenvalue weighted by atomic mass is 32.1. The smallest absolute Gasteiger partial charge is 0.251 e. The van der Waals surface area contributed by atoms with Crippen molar-refractivity contribution in [1.29, 1.82) is 0 Å². The predicted octanol–water partition coefficient (Wildman–Crippen LogP) is 4.54. The first kappa shape index (κ1) is 20.6. The minimum absolute atomic E-state index is 0.101. The fourth-order valence-electron chi connectivity index (χ4n) is 5.37. The average Bonchev–Trinajstić information content (AvgIpc) is 3.34. The topological polar surface area (TPSA) is 75.5 Å². The largest absolute Gasteiger partial charge is 0.355 e. The SMILES string of the molecule is CNC(=O)c1ccc(-c2cn3c(n2)sc2cc(C(=O)CCC4CC5(CNC5)C4)ccc23)cc1. The molecule has 7 heteroatoms. The molecule has 0 bridgehead atoms. The standard InChI is InChI=1S/C26H26N4O2S/c1-27-24(32)18-5-3-17(4-6-18)20-13-30-21-8-7-19(10-23(21)33-25(30)29-20)22(31)9-2-16-11-26(12-16)14-28-15-26/h3-8,10,13,16,28H,2,9,11-12,14-15H2,1H3,(H,27,32). The third kappa shape index (κ3) is 3.56. The summed E-state index contributed by atoms with van der Waals surface area (Å²) in [5, 5.41) is 6.01. The number of amides is 1. The predicted molar refractivity (Wildman–Crippen MR) is 131 cm³/mol. The first-order chi connectivity index (χ1) is 16.0. The first-order valence-electron chi connectivity index (χ1n) is 11.5. The number of ketones is 1. The average molecular weight is 459 g/mol. The van der Waals surface area contributed by atoms with E-state index in [1.54, 1.807) is 18.4 Å². The number of carbonyl (C=O) groups is 2. The second-order valence-electron chi connectivity index (χ2n) is 9.56. The van der Waals surface area contributed by atoms with Crippen molar-refractivity contribution in [3.63, 3.8) is 0 Å². The van der Waals surface area contributed by atoms with Gasteiger partial charge in [0.05, 0.1) is 15.9 Å². The molecule has 0 radical (unpaired) electrons. The van der Waals surface area contributed by atoms with E-state index in [-0.39, 0.29) is 11.7 Å². The molecule has 2 aromatic heterocycles. The third-order valence-electron chi connectivity index (χ3n) is 7.31. The lowest BCUT2D eigenvalue weighted by molar-refractivity contribution is -0.00356. The lowest BCUT2D eigenvalue weighted by Gasteiger charge is -2.54. The quantitative estimate of drug-likeness (QED) is 0.416. The number of nitrogens with one attached hydrogen (secondary N) is 2. The summed E-state index contributed by atoms with van der Waals surface area (Å²) in [6, 6.07) is 13.5. The second-order valence-corrected chi connectivity index (χ2v) is 10.6. The van der Waals surface area contributed by atoms with Crippen LogP contribution in [-0.2, 0) is 0 Å². The molecule has 3 heterocycles. The van der Waals surface area contributed by atoms with Gasteiger partial charge in [0.1, 0.15) is 0 Å². The molecule has 6 rings (SSSR count). The van der Waals surface area contributed by atoms with Gasteiger partial charge in [-0.25, -0.2) is 4.98 Å². The van der Waals surface area contributed by atoms with Crippen molar-refractivity contribution in [2.45, 2.75) is 25.7 Å². The number of aromatic nitrogens is 2. The molecule has 1 spiro atoms. The van der Waals surface area contributed by atoms with Gasteiger partial charge in [0.15, 0.2) is 10.7 Å². The van der Waals surface area contributed by atoms with Crippen molar-refractivity contribution in [2.75, 3.05) is 20.1 Å². The fraction of sp³-hybridized carbons (Fsp3) is 0.346. The minimum atomic E-state index is -0.101. The highest BCUT2D eigenvalue weighted by Crippen LogP contribution is 2.50. The molecule has 1 amide bonds. The first-order valence-corrected chi connectivity index (χ1v) is 12.3. The van der Waals surface area contributed by atoms with Crippen molar-refractivity contribution < 1.29 is 9.59 Å². The molecule has 168 valence electrons. The molecule has 0 atom stereocenters. The fourth-order valence-corrected chi connectivity index (χ4v) is 6.41. The summed E-state index contributed by atoms with van der Waals surface area (Å²) < 4.78 is 3.16. The van der Waals surface area contributed by atoms with E-state index in [1.807, 2.05) is 48.7 Å². The molecule has 2 N–H and O–H groups in total. The molecule has 2 aliphatic rings. The summed E-state index contributed by atoms with van der Waals surface area (Å²) in [5.74, 6) is 0.858. The van der Waals surface area contributed by atoms with E-state index >= 15 is 0 Å². The van der Waals surface area contributed by atoms with Crippen molar-refractivity contribution in [2.24, 2.45) is 11.3 Å². The number of nitrogens with zero attached hydrogens (tertiary/aromatic N) is 2. The van der Waals surface area contributed by atoms with E-state index in [0.717, 1.165) is 51.5 Å². The molecule has 2 aromatic carbocycles. The number of carbonyl (C=O) groups excluding carboxylic acids is 2. The van der Waals surface area contributed by atoms with Gasteiger partial charge in [0, 0.05) is 49.4 Å². The van der Waals surface area contributed by atoms with Gasteiger partial charge in [-0.05, 0) is 60.9 Å². The molecule has 1 aliphatic heterocycles. The van der Waals surface area contributed by atoms with Crippen molar-refractivity contribution in [3.8, 4) is 11.3 Å². The third-order valence-corrected chi connectivity index (χ3v) is 8.33. The molecule has 1 saturated carbocycles. The summed E-state index contributed by atoms with van der Waals surface area (Å²) >= 11 is 1.60. The van der Waals surface area contributed by atoms with E-state index in [1.165, 1.54) is 12.8 Å². The van der Waals surface area contributed by atoms with Crippen molar-refractivity contribution in [3.05, 3.63) is 59.8 Å². The van der Waals surface area contributed by atoms with Crippen molar-refractivity contribution >= 4 is 38.2 Å². The Bertz CT molecular complexity index is 1370. The molecule has 1 saturated heterocycles. The van der Waals surface area contributed by atoms with Crippen LogP contribution in [0, 0.1) is 11.3 Å². The molecule has 4 aromatic rings. The molecular formula is C26H26N4O2S. The van der Waals surface area contributed by atoms with Crippen LogP contribution in [0.1, 0.15) is 46.4 Å². The number of hydrogen-bond donors (Lipinski definition) is 2. The maximum absolute atomic E-state index is 12.8. The van der Waals surface area contributed by atoms with E-state index in [9.17, 15) is 9.59 Å². The van der Waals surface area contributed by atoms with Gasteiger partial charge >= 0.3 is 0 Å². The maximum Gasteiger partial charge on any atom is 0.251 e. The highest BCUT2D eigenvalue weighted by Gasteiger charge is 2.47. The van der Waals surface area contributed by atoms with Gasteiger partial charge < -0.3 is 10.6 Å². The van der Waals surface area contributed by atoms with Gasteiger partial charge in [0.2, 0.25) is 0 Å². The van der Waals surface area contributed by atoms with Crippen LogP contribution in [0.3, 0.4) is 0 Å². The number of imidazole rings is 1. The molecule has 33 heavy (non-hydrogen) atoms. The van der Waals surface area contributed by atoms with Crippen LogP contribution in [0.4, 0.5) is 0 Å². The van der Waals surface area contributed by atoms with Gasteiger partial charge in [-0.1, -0.05) is 23.5 Å². The van der Waals surface area contributed by atoms with Crippen LogP contribution in [0.25, 0.3) is 26.4 Å². The Hall–Kier alpha value is -3.03. The summed E-state index contributed by atoms with van der Waals surface area (Å²) in [7, 11) is 1.63.